The molecule has 0 saturated carbocycles. The summed E-state index contributed by atoms with van der Waals surface area (Å²) in [6.45, 7) is 4.74. The number of hydrogen-bond donors (Lipinski definition) is 1. The molecule has 1 aromatic carbocycles. The number of halogens is 2. The number of carbonyl (C=O) groups excluding carboxylic acids is 2. The molecule has 0 unspecified atom stereocenters. The van der Waals surface area contributed by atoms with E-state index in [0.717, 1.165) is 8.95 Å². The van der Waals surface area contributed by atoms with E-state index >= 15 is 0 Å². The van der Waals surface area contributed by atoms with E-state index in [1.807, 2.05) is 25.1 Å². The van der Waals surface area contributed by atoms with E-state index in [9.17, 15) is 9.59 Å². The van der Waals surface area contributed by atoms with Gasteiger partial charge in [-0.3, -0.25) is 4.79 Å². The highest BCUT2D eigenvalue weighted by Gasteiger charge is 2.24. The molecule has 1 fully saturated rings. The van der Waals surface area contributed by atoms with Crippen LogP contribution in [0.25, 0.3) is 0 Å². The first-order valence-corrected chi connectivity index (χ1v) is 8.38. The molecule has 1 heterocycles. The molecule has 0 bridgehead atoms. The molecule has 0 spiro atoms. The smallest absolute Gasteiger partial charge is 0.317 e. The lowest BCUT2D eigenvalue weighted by Crippen LogP contribution is -2.53. The van der Waals surface area contributed by atoms with Gasteiger partial charge in [-0.15, -0.1) is 0 Å². The highest BCUT2D eigenvalue weighted by molar-refractivity contribution is 9.11. The van der Waals surface area contributed by atoms with Gasteiger partial charge in [0.15, 0.2) is 0 Å². The van der Waals surface area contributed by atoms with Crippen molar-refractivity contribution >= 4 is 43.8 Å². The number of rotatable bonds is 2. The number of piperazine rings is 1. The molecular weight excluding hydrogens is 402 g/mol. The Morgan fingerprint density at radius 3 is 2.10 bits per heavy atom. The summed E-state index contributed by atoms with van der Waals surface area (Å²) in [6.07, 6.45) is 0. The molecule has 5 nitrogen and oxygen atoms in total. The lowest BCUT2D eigenvalue weighted by Gasteiger charge is -2.34. The maximum absolute atomic E-state index is 12.5. The SMILES string of the molecule is CCNC(=O)N1CCN(C(=O)c2cc(Br)cc(Br)c2)CC1. The fourth-order valence-electron chi connectivity index (χ4n) is 2.24. The van der Waals surface area contributed by atoms with E-state index < -0.39 is 0 Å². The Morgan fingerprint density at radius 2 is 1.57 bits per heavy atom. The minimum atomic E-state index is -0.0604. The predicted octanol–water partition coefficient (Wildman–Crippen LogP) is 2.70. The van der Waals surface area contributed by atoms with Gasteiger partial charge in [-0.2, -0.15) is 0 Å². The van der Waals surface area contributed by atoms with Crippen molar-refractivity contribution in [3.8, 4) is 0 Å². The van der Waals surface area contributed by atoms with Crippen molar-refractivity contribution in [2.24, 2.45) is 0 Å². The van der Waals surface area contributed by atoms with Gasteiger partial charge >= 0.3 is 6.03 Å². The van der Waals surface area contributed by atoms with E-state index in [0.29, 0.717) is 38.3 Å². The molecule has 0 aromatic heterocycles. The number of hydrogen-bond acceptors (Lipinski definition) is 2. The number of amides is 3. The molecule has 0 aliphatic carbocycles. The van der Waals surface area contributed by atoms with Crippen molar-refractivity contribution < 1.29 is 9.59 Å². The van der Waals surface area contributed by atoms with Crippen LogP contribution in [-0.4, -0.2) is 54.5 Å². The summed E-state index contributed by atoms with van der Waals surface area (Å²) in [4.78, 5) is 27.7. The van der Waals surface area contributed by atoms with Crippen LogP contribution in [0.3, 0.4) is 0 Å². The summed E-state index contributed by atoms with van der Waals surface area (Å²) in [7, 11) is 0. The standard InChI is InChI=1S/C14H17Br2N3O2/c1-2-17-14(21)19-5-3-18(4-6-19)13(20)10-7-11(15)9-12(16)8-10/h7-9H,2-6H2,1H3,(H,17,21). The summed E-state index contributed by atoms with van der Waals surface area (Å²) < 4.78 is 1.72. The number of urea groups is 1. The Hall–Kier alpha value is -1.08. The zero-order chi connectivity index (χ0) is 15.4. The summed E-state index contributed by atoms with van der Waals surface area (Å²) in [5.74, 6) is -0.00690. The van der Waals surface area contributed by atoms with E-state index in [4.69, 9.17) is 0 Å². The molecular formula is C14H17Br2N3O2. The number of benzene rings is 1. The molecule has 0 radical (unpaired) electrons. The third kappa shape index (κ3) is 4.20. The van der Waals surface area contributed by atoms with Gasteiger partial charge in [0.2, 0.25) is 0 Å². The first kappa shape index (κ1) is 16.3. The predicted molar refractivity (Wildman–Crippen MR) is 88.4 cm³/mol. The topological polar surface area (TPSA) is 52.7 Å². The minimum absolute atomic E-state index is 0.00690. The molecule has 1 saturated heterocycles. The van der Waals surface area contributed by atoms with Gasteiger partial charge < -0.3 is 15.1 Å². The van der Waals surface area contributed by atoms with Crippen LogP contribution in [0.5, 0.6) is 0 Å². The highest BCUT2D eigenvalue weighted by atomic mass is 79.9. The molecule has 1 aliphatic rings. The lowest BCUT2D eigenvalue weighted by atomic mass is 10.2. The van der Waals surface area contributed by atoms with Crippen LogP contribution in [0.1, 0.15) is 17.3 Å². The minimum Gasteiger partial charge on any atom is -0.338 e. The first-order valence-electron chi connectivity index (χ1n) is 6.79. The fourth-order valence-corrected chi connectivity index (χ4v) is 3.53. The van der Waals surface area contributed by atoms with Crippen molar-refractivity contribution in [1.82, 2.24) is 15.1 Å². The van der Waals surface area contributed by atoms with E-state index in [1.54, 1.807) is 9.80 Å². The number of carbonyl (C=O) groups is 2. The first-order chi connectivity index (χ1) is 10.0. The van der Waals surface area contributed by atoms with Crippen molar-refractivity contribution in [2.45, 2.75) is 6.92 Å². The van der Waals surface area contributed by atoms with Gasteiger partial charge in [-0.25, -0.2) is 4.79 Å². The molecule has 2 rings (SSSR count). The second kappa shape index (κ2) is 7.26. The second-order valence-electron chi connectivity index (χ2n) is 4.77. The van der Waals surface area contributed by atoms with Gasteiger partial charge in [0.05, 0.1) is 0 Å². The van der Waals surface area contributed by atoms with Gasteiger partial charge in [0, 0.05) is 47.2 Å². The molecule has 114 valence electrons. The van der Waals surface area contributed by atoms with E-state index in [1.165, 1.54) is 0 Å². The normalized spacial score (nSPS) is 15.0. The Morgan fingerprint density at radius 1 is 1.05 bits per heavy atom. The summed E-state index contributed by atoms with van der Waals surface area (Å²) in [5.41, 5.74) is 0.641. The van der Waals surface area contributed by atoms with Crippen LogP contribution in [0, 0.1) is 0 Å². The van der Waals surface area contributed by atoms with Crippen LogP contribution in [0.15, 0.2) is 27.1 Å². The second-order valence-corrected chi connectivity index (χ2v) is 6.60. The van der Waals surface area contributed by atoms with Crippen molar-refractivity contribution in [1.29, 1.82) is 0 Å². The molecule has 7 heteroatoms. The van der Waals surface area contributed by atoms with Gasteiger partial charge in [-0.1, -0.05) is 31.9 Å². The van der Waals surface area contributed by atoms with E-state index in [2.05, 4.69) is 37.2 Å². The average molecular weight is 419 g/mol. The Labute approximate surface area is 140 Å². The summed E-state index contributed by atoms with van der Waals surface area (Å²) in [5, 5.41) is 2.78. The van der Waals surface area contributed by atoms with Crippen molar-refractivity contribution in [3.63, 3.8) is 0 Å². The third-order valence-electron chi connectivity index (χ3n) is 3.29. The Bertz CT molecular complexity index is 523. The van der Waals surface area contributed by atoms with Crippen LogP contribution in [0.2, 0.25) is 0 Å². The molecule has 21 heavy (non-hydrogen) atoms. The highest BCUT2D eigenvalue weighted by Crippen LogP contribution is 2.21. The number of nitrogens with one attached hydrogen (secondary N) is 1. The van der Waals surface area contributed by atoms with Gasteiger partial charge in [0.25, 0.3) is 5.91 Å². The van der Waals surface area contributed by atoms with Gasteiger partial charge in [-0.05, 0) is 25.1 Å². The summed E-state index contributed by atoms with van der Waals surface area (Å²) >= 11 is 6.78. The zero-order valence-electron chi connectivity index (χ0n) is 11.7. The molecule has 1 aliphatic heterocycles. The molecule has 1 aromatic rings. The van der Waals surface area contributed by atoms with Gasteiger partial charge in [0.1, 0.15) is 0 Å². The van der Waals surface area contributed by atoms with Crippen molar-refractivity contribution in [3.05, 3.63) is 32.7 Å². The fraction of sp³-hybridized carbons (Fsp3) is 0.429. The number of nitrogens with zero attached hydrogens (tertiary/aromatic N) is 2. The van der Waals surface area contributed by atoms with Crippen LogP contribution >= 0.6 is 31.9 Å². The summed E-state index contributed by atoms with van der Waals surface area (Å²) in [6, 6.07) is 5.45. The quantitative estimate of drug-likeness (QED) is 0.802. The monoisotopic (exact) mass is 417 g/mol. The zero-order valence-corrected chi connectivity index (χ0v) is 14.9. The Balaban J connectivity index is 1.98. The maximum Gasteiger partial charge on any atom is 0.317 e. The third-order valence-corrected chi connectivity index (χ3v) is 4.21. The molecule has 1 N–H and O–H groups in total. The Kier molecular flexibility index (Phi) is 5.64. The van der Waals surface area contributed by atoms with E-state index in [-0.39, 0.29) is 11.9 Å². The largest absolute Gasteiger partial charge is 0.338 e. The van der Waals surface area contributed by atoms with Crippen molar-refractivity contribution in [2.75, 3.05) is 32.7 Å². The van der Waals surface area contributed by atoms with Crippen LogP contribution < -0.4 is 5.32 Å². The lowest BCUT2D eigenvalue weighted by molar-refractivity contribution is 0.0665. The van der Waals surface area contributed by atoms with Crippen LogP contribution in [0.4, 0.5) is 4.79 Å². The average Bonchev–Trinajstić information content (AvgIpc) is 2.46. The molecule has 0 atom stereocenters. The maximum atomic E-state index is 12.5. The molecule has 3 amide bonds. The van der Waals surface area contributed by atoms with Crippen LogP contribution in [-0.2, 0) is 0 Å².